The number of carbonyl (C=O) groups excluding carboxylic acids is 2. The van der Waals surface area contributed by atoms with Crippen molar-refractivity contribution < 1.29 is 24.2 Å². The van der Waals surface area contributed by atoms with Gasteiger partial charge in [0.05, 0.1) is 6.42 Å². The zero-order valence-electron chi connectivity index (χ0n) is 12.3. The molecule has 7 heteroatoms. The van der Waals surface area contributed by atoms with Crippen molar-refractivity contribution in [1.82, 2.24) is 0 Å². The van der Waals surface area contributed by atoms with E-state index in [-0.39, 0.29) is 19.0 Å². The van der Waals surface area contributed by atoms with Gasteiger partial charge in [-0.05, 0) is 36.4 Å². The number of ketones is 1. The fourth-order valence-corrected chi connectivity index (χ4v) is 3.26. The summed E-state index contributed by atoms with van der Waals surface area (Å²) < 4.78 is 11.2. The second-order valence-electron chi connectivity index (χ2n) is 5.67. The van der Waals surface area contributed by atoms with Crippen LogP contribution in [-0.4, -0.2) is 23.6 Å². The van der Waals surface area contributed by atoms with Gasteiger partial charge in [-0.1, -0.05) is 15.9 Å². The zero-order valence-corrected chi connectivity index (χ0v) is 13.9. The number of hydrogen-bond donors (Lipinski definition) is 2. The lowest BCUT2D eigenvalue weighted by atomic mass is 9.88. The van der Waals surface area contributed by atoms with Crippen molar-refractivity contribution in [3.8, 4) is 11.5 Å². The summed E-state index contributed by atoms with van der Waals surface area (Å²) in [5.74, 6) is 0.0773. The molecule has 0 saturated heterocycles. The van der Waals surface area contributed by atoms with Crippen LogP contribution in [0.2, 0.25) is 0 Å². The summed E-state index contributed by atoms with van der Waals surface area (Å²) in [5, 5.41) is 13.5. The molecular weight excluding hydrogens is 378 g/mol. The Bertz CT molecular complexity index is 881. The highest BCUT2D eigenvalue weighted by atomic mass is 79.9. The first kappa shape index (κ1) is 15.2. The van der Waals surface area contributed by atoms with E-state index in [4.69, 9.17) is 9.47 Å². The number of rotatable bonds is 3. The largest absolute Gasteiger partial charge is 0.454 e. The highest BCUT2D eigenvalue weighted by molar-refractivity contribution is 9.10. The first-order valence-corrected chi connectivity index (χ1v) is 8.03. The lowest BCUT2D eigenvalue weighted by molar-refractivity contribution is -0.133. The maximum absolute atomic E-state index is 12.6. The van der Waals surface area contributed by atoms with Crippen LogP contribution in [0.25, 0.3) is 0 Å². The van der Waals surface area contributed by atoms with E-state index in [1.54, 1.807) is 36.4 Å². The third-order valence-corrected chi connectivity index (χ3v) is 4.66. The Labute approximate surface area is 145 Å². The fourth-order valence-electron chi connectivity index (χ4n) is 2.90. The molecule has 24 heavy (non-hydrogen) atoms. The molecule has 0 unspecified atom stereocenters. The third-order valence-electron chi connectivity index (χ3n) is 4.16. The van der Waals surface area contributed by atoms with Crippen LogP contribution in [0.3, 0.4) is 0 Å². The molecule has 2 aliphatic rings. The SMILES string of the molecule is O=C(C[C@]1(O)C(=O)Nc2ccc(Br)cc21)c1ccc2c(c1)OCO2. The number of amides is 1. The number of anilines is 1. The molecule has 122 valence electrons. The van der Waals surface area contributed by atoms with Gasteiger partial charge in [0.15, 0.2) is 22.9 Å². The van der Waals surface area contributed by atoms with Crippen molar-refractivity contribution in [2.75, 3.05) is 12.1 Å². The smallest absolute Gasteiger partial charge is 0.261 e. The average Bonchev–Trinajstić information content (AvgIpc) is 3.11. The van der Waals surface area contributed by atoms with Crippen molar-refractivity contribution >= 4 is 33.3 Å². The molecule has 0 aliphatic carbocycles. The predicted molar refractivity (Wildman–Crippen MR) is 88.2 cm³/mol. The number of halogens is 1. The molecule has 2 N–H and O–H groups in total. The molecule has 0 spiro atoms. The van der Waals surface area contributed by atoms with Crippen LogP contribution in [0.1, 0.15) is 22.3 Å². The highest BCUT2D eigenvalue weighted by Crippen LogP contribution is 2.41. The van der Waals surface area contributed by atoms with E-state index in [2.05, 4.69) is 21.2 Å². The molecular formula is C17H12BrNO5. The van der Waals surface area contributed by atoms with Gasteiger partial charge in [-0.25, -0.2) is 0 Å². The number of hydrogen-bond acceptors (Lipinski definition) is 5. The molecule has 2 heterocycles. The molecule has 1 amide bonds. The number of ether oxygens (including phenoxy) is 2. The standard InChI is InChI=1S/C17H12BrNO5/c18-10-2-3-12-11(6-10)17(22,16(21)19-12)7-13(20)9-1-4-14-15(5-9)24-8-23-14/h1-6,22H,7-8H2,(H,19,21)/t17-/m1/s1. The first-order valence-electron chi connectivity index (χ1n) is 7.24. The van der Waals surface area contributed by atoms with E-state index in [1.807, 2.05) is 0 Å². The van der Waals surface area contributed by atoms with Gasteiger partial charge in [0.25, 0.3) is 5.91 Å². The summed E-state index contributed by atoms with van der Waals surface area (Å²) in [4.78, 5) is 24.8. The molecule has 2 aromatic carbocycles. The molecule has 0 saturated carbocycles. The topological polar surface area (TPSA) is 84.9 Å². The summed E-state index contributed by atoms with van der Waals surface area (Å²) in [6.45, 7) is 0.112. The number of benzene rings is 2. The molecule has 0 bridgehead atoms. The number of Topliss-reactive ketones (excluding diaryl/α,β-unsaturated/α-hetero) is 1. The van der Waals surface area contributed by atoms with Crippen LogP contribution in [0.15, 0.2) is 40.9 Å². The highest BCUT2D eigenvalue weighted by Gasteiger charge is 2.47. The lowest BCUT2D eigenvalue weighted by Gasteiger charge is -2.20. The van der Waals surface area contributed by atoms with E-state index < -0.39 is 11.5 Å². The molecule has 0 aromatic heterocycles. The summed E-state index contributed by atoms with van der Waals surface area (Å²) in [6, 6.07) is 9.86. The molecule has 6 nitrogen and oxygen atoms in total. The Balaban J connectivity index is 1.66. The number of nitrogens with one attached hydrogen (secondary N) is 1. The van der Waals surface area contributed by atoms with Gasteiger partial charge in [0, 0.05) is 21.3 Å². The minimum absolute atomic E-state index is 0.112. The Hall–Kier alpha value is -2.38. The van der Waals surface area contributed by atoms with Gasteiger partial charge in [0.2, 0.25) is 6.79 Å². The van der Waals surface area contributed by atoms with Gasteiger partial charge < -0.3 is 19.9 Å². The van der Waals surface area contributed by atoms with Crippen molar-refractivity contribution in [2.24, 2.45) is 0 Å². The van der Waals surface area contributed by atoms with E-state index in [0.717, 1.165) is 0 Å². The number of fused-ring (bicyclic) bond motifs is 2. The Morgan fingerprint density at radius 3 is 2.83 bits per heavy atom. The van der Waals surface area contributed by atoms with Gasteiger partial charge in [-0.3, -0.25) is 9.59 Å². The van der Waals surface area contributed by atoms with Crippen molar-refractivity contribution in [3.05, 3.63) is 52.0 Å². The summed E-state index contributed by atoms with van der Waals surface area (Å²) in [5.41, 5.74) is -0.656. The van der Waals surface area contributed by atoms with E-state index in [0.29, 0.717) is 32.8 Å². The van der Waals surface area contributed by atoms with Crippen LogP contribution in [0, 0.1) is 0 Å². The van der Waals surface area contributed by atoms with Crippen molar-refractivity contribution in [2.45, 2.75) is 12.0 Å². The van der Waals surface area contributed by atoms with Crippen LogP contribution in [-0.2, 0) is 10.4 Å². The second-order valence-corrected chi connectivity index (χ2v) is 6.59. The Morgan fingerprint density at radius 1 is 1.21 bits per heavy atom. The monoisotopic (exact) mass is 389 g/mol. The van der Waals surface area contributed by atoms with Gasteiger partial charge >= 0.3 is 0 Å². The number of aliphatic hydroxyl groups is 1. The molecule has 1 atom stereocenters. The van der Waals surface area contributed by atoms with Crippen LogP contribution in [0.5, 0.6) is 11.5 Å². The molecule has 0 radical (unpaired) electrons. The number of carbonyl (C=O) groups is 2. The van der Waals surface area contributed by atoms with Crippen molar-refractivity contribution in [3.63, 3.8) is 0 Å². The normalized spacial score (nSPS) is 20.7. The Kier molecular flexibility index (Phi) is 3.36. The molecule has 4 rings (SSSR count). The second kappa shape index (κ2) is 5.32. The maximum Gasteiger partial charge on any atom is 0.261 e. The van der Waals surface area contributed by atoms with Crippen LogP contribution < -0.4 is 14.8 Å². The van der Waals surface area contributed by atoms with E-state index >= 15 is 0 Å². The minimum Gasteiger partial charge on any atom is -0.454 e. The van der Waals surface area contributed by atoms with Crippen LogP contribution in [0.4, 0.5) is 5.69 Å². The van der Waals surface area contributed by atoms with E-state index in [9.17, 15) is 14.7 Å². The maximum atomic E-state index is 12.6. The Morgan fingerprint density at radius 2 is 2.00 bits per heavy atom. The van der Waals surface area contributed by atoms with Crippen LogP contribution >= 0.6 is 15.9 Å². The lowest BCUT2D eigenvalue weighted by Crippen LogP contribution is -2.36. The minimum atomic E-state index is -1.90. The summed E-state index contributed by atoms with van der Waals surface area (Å²) >= 11 is 3.32. The van der Waals surface area contributed by atoms with Gasteiger partial charge in [-0.15, -0.1) is 0 Å². The quantitative estimate of drug-likeness (QED) is 0.788. The summed E-state index contributed by atoms with van der Waals surface area (Å²) in [7, 11) is 0. The average molecular weight is 390 g/mol. The zero-order chi connectivity index (χ0) is 16.9. The predicted octanol–water partition coefficient (Wildman–Crippen LogP) is 2.59. The van der Waals surface area contributed by atoms with Gasteiger partial charge in [0.1, 0.15) is 0 Å². The molecule has 2 aliphatic heterocycles. The molecule has 2 aromatic rings. The molecule has 0 fully saturated rings. The van der Waals surface area contributed by atoms with Crippen molar-refractivity contribution in [1.29, 1.82) is 0 Å². The third kappa shape index (κ3) is 2.28. The fraction of sp³-hybridized carbons (Fsp3) is 0.176. The van der Waals surface area contributed by atoms with E-state index in [1.165, 1.54) is 0 Å². The van der Waals surface area contributed by atoms with Gasteiger partial charge in [-0.2, -0.15) is 0 Å². The summed E-state index contributed by atoms with van der Waals surface area (Å²) in [6.07, 6.45) is -0.359. The first-order chi connectivity index (χ1) is 11.5.